The Morgan fingerprint density at radius 1 is 1.59 bits per heavy atom. The number of benzene rings is 1. The van der Waals surface area contributed by atoms with Gasteiger partial charge >= 0.3 is 5.97 Å². The van der Waals surface area contributed by atoms with E-state index in [1.54, 1.807) is 13.0 Å². The Balaban J connectivity index is 2.33. The van der Waals surface area contributed by atoms with E-state index >= 15 is 0 Å². The largest absolute Gasteiger partial charge is 0.493 e. The van der Waals surface area contributed by atoms with Crippen molar-refractivity contribution in [2.75, 3.05) is 18.9 Å². The average molecular weight is 233 g/mol. The predicted molar refractivity (Wildman–Crippen MR) is 65.6 cm³/mol. The third kappa shape index (κ3) is 2.58. The summed E-state index contributed by atoms with van der Waals surface area (Å²) in [7, 11) is 0. The van der Waals surface area contributed by atoms with Gasteiger partial charge < -0.3 is 15.2 Å². The first-order chi connectivity index (χ1) is 8.20. The van der Waals surface area contributed by atoms with Crippen LogP contribution in [0.2, 0.25) is 0 Å². The van der Waals surface area contributed by atoms with Gasteiger partial charge in [0.25, 0.3) is 0 Å². The number of hydrogen-bond donors (Lipinski definition) is 1. The molecule has 0 fully saturated rings. The van der Waals surface area contributed by atoms with Gasteiger partial charge in [-0.15, -0.1) is 0 Å². The SMILES string of the molecule is CCOC(=O)C=C1CCOc2ccc(N)cc21. The van der Waals surface area contributed by atoms with Crippen LogP contribution < -0.4 is 10.5 Å². The topological polar surface area (TPSA) is 61.5 Å². The fourth-order valence-corrected chi connectivity index (χ4v) is 1.81. The van der Waals surface area contributed by atoms with Gasteiger partial charge in [0, 0.05) is 23.7 Å². The minimum absolute atomic E-state index is 0.322. The summed E-state index contributed by atoms with van der Waals surface area (Å²) in [5, 5.41) is 0. The van der Waals surface area contributed by atoms with E-state index in [2.05, 4.69) is 0 Å². The highest BCUT2D eigenvalue weighted by Gasteiger charge is 2.16. The van der Waals surface area contributed by atoms with Crippen LogP contribution in [0, 0.1) is 0 Å². The van der Waals surface area contributed by atoms with Gasteiger partial charge in [-0.3, -0.25) is 0 Å². The summed E-state index contributed by atoms with van der Waals surface area (Å²) in [5.74, 6) is 0.443. The monoisotopic (exact) mass is 233 g/mol. The zero-order chi connectivity index (χ0) is 12.3. The molecule has 1 heterocycles. The summed E-state index contributed by atoms with van der Waals surface area (Å²) in [6.07, 6.45) is 2.21. The van der Waals surface area contributed by atoms with Crippen molar-refractivity contribution < 1.29 is 14.3 Å². The standard InChI is InChI=1S/C13H15NO3/c1-2-16-13(15)7-9-5-6-17-12-4-3-10(14)8-11(9)12/h3-4,7-8H,2,5-6,14H2,1H3. The van der Waals surface area contributed by atoms with Crippen molar-refractivity contribution in [1.29, 1.82) is 0 Å². The maximum Gasteiger partial charge on any atom is 0.331 e. The highest BCUT2D eigenvalue weighted by Crippen LogP contribution is 2.34. The minimum Gasteiger partial charge on any atom is -0.493 e. The predicted octanol–water partition coefficient (Wildman–Crippen LogP) is 2.00. The second kappa shape index (κ2) is 4.91. The molecule has 0 unspecified atom stereocenters. The first-order valence-electron chi connectivity index (χ1n) is 5.60. The molecule has 0 spiro atoms. The number of rotatable bonds is 2. The normalized spacial score (nSPS) is 16.2. The van der Waals surface area contributed by atoms with E-state index in [0.29, 0.717) is 25.3 Å². The number of hydrogen-bond acceptors (Lipinski definition) is 4. The molecule has 1 aromatic rings. The van der Waals surface area contributed by atoms with Crippen LogP contribution >= 0.6 is 0 Å². The van der Waals surface area contributed by atoms with E-state index < -0.39 is 0 Å². The minimum atomic E-state index is -0.322. The van der Waals surface area contributed by atoms with Crippen LogP contribution in [0.4, 0.5) is 5.69 Å². The molecular weight excluding hydrogens is 218 g/mol. The highest BCUT2D eigenvalue weighted by atomic mass is 16.5. The number of anilines is 1. The Morgan fingerprint density at radius 2 is 2.41 bits per heavy atom. The lowest BCUT2D eigenvalue weighted by molar-refractivity contribution is -0.137. The Kier molecular flexibility index (Phi) is 3.32. The number of ether oxygens (including phenoxy) is 2. The van der Waals surface area contributed by atoms with Crippen LogP contribution in [-0.4, -0.2) is 19.2 Å². The molecule has 4 heteroatoms. The first-order valence-corrected chi connectivity index (χ1v) is 5.60. The third-order valence-electron chi connectivity index (χ3n) is 2.56. The van der Waals surface area contributed by atoms with E-state index in [-0.39, 0.29) is 5.97 Å². The number of fused-ring (bicyclic) bond motifs is 1. The fraction of sp³-hybridized carbons (Fsp3) is 0.308. The number of carbonyl (C=O) groups excluding carboxylic acids is 1. The van der Waals surface area contributed by atoms with E-state index in [4.69, 9.17) is 15.2 Å². The molecule has 0 aliphatic carbocycles. The fourth-order valence-electron chi connectivity index (χ4n) is 1.81. The number of nitrogen functional groups attached to an aromatic ring is 1. The molecular formula is C13H15NO3. The summed E-state index contributed by atoms with van der Waals surface area (Å²) in [4.78, 5) is 11.4. The quantitative estimate of drug-likeness (QED) is 0.482. The average Bonchev–Trinajstić information content (AvgIpc) is 2.30. The summed E-state index contributed by atoms with van der Waals surface area (Å²) in [6.45, 7) is 2.73. The van der Waals surface area contributed by atoms with Crippen molar-refractivity contribution in [2.45, 2.75) is 13.3 Å². The summed E-state index contributed by atoms with van der Waals surface area (Å²) < 4.78 is 10.4. The van der Waals surface area contributed by atoms with Crippen molar-refractivity contribution in [3.05, 3.63) is 29.8 Å². The molecule has 0 radical (unpaired) electrons. The van der Waals surface area contributed by atoms with Crippen molar-refractivity contribution in [3.63, 3.8) is 0 Å². The molecule has 0 amide bonds. The smallest absolute Gasteiger partial charge is 0.331 e. The lowest BCUT2D eigenvalue weighted by Gasteiger charge is -2.20. The van der Waals surface area contributed by atoms with Gasteiger partial charge in [0.15, 0.2) is 0 Å². The van der Waals surface area contributed by atoms with Crippen molar-refractivity contribution in [3.8, 4) is 5.75 Å². The summed E-state index contributed by atoms with van der Waals surface area (Å²) >= 11 is 0. The van der Waals surface area contributed by atoms with Gasteiger partial charge in [-0.1, -0.05) is 0 Å². The van der Waals surface area contributed by atoms with E-state index in [1.165, 1.54) is 6.08 Å². The second-order valence-corrected chi connectivity index (χ2v) is 3.78. The number of nitrogens with two attached hydrogens (primary N) is 1. The van der Waals surface area contributed by atoms with E-state index in [1.807, 2.05) is 12.1 Å². The molecule has 2 N–H and O–H groups in total. The van der Waals surface area contributed by atoms with Crippen LogP contribution in [0.25, 0.3) is 5.57 Å². The molecule has 1 aliphatic rings. The van der Waals surface area contributed by atoms with E-state index in [0.717, 1.165) is 16.9 Å². The zero-order valence-corrected chi connectivity index (χ0v) is 9.73. The molecule has 17 heavy (non-hydrogen) atoms. The van der Waals surface area contributed by atoms with Crippen LogP contribution in [0.5, 0.6) is 5.75 Å². The maximum absolute atomic E-state index is 11.4. The lowest BCUT2D eigenvalue weighted by atomic mass is 9.99. The van der Waals surface area contributed by atoms with Crippen molar-refractivity contribution in [2.24, 2.45) is 0 Å². The first kappa shape index (κ1) is 11.5. The van der Waals surface area contributed by atoms with Gasteiger partial charge in [0.2, 0.25) is 0 Å². The molecule has 0 saturated carbocycles. The van der Waals surface area contributed by atoms with Gasteiger partial charge in [-0.25, -0.2) is 4.79 Å². The van der Waals surface area contributed by atoms with Crippen LogP contribution in [0.3, 0.4) is 0 Å². The molecule has 0 atom stereocenters. The van der Waals surface area contributed by atoms with Crippen LogP contribution in [-0.2, 0) is 9.53 Å². The molecule has 0 saturated heterocycles. The second-order valence-electron chi connectivity index (χ2n) is 3.78. The number of esters is 1. The number of carbonyl (C=O) groups is 1. The van der Waals surface area contributed by atoms with Crippen LogP contribution in [0.15, 0.2) is 24.3 Å². The maximum atomic E-state index is 11.4. The Labute approximate surface area is 100 Å². The molecule has 90 valence electrons. The summed E-state index contributed by atoms with van der Waals surface area (Å²) in [5.41, 5.74) is 8.18. The van der Waals surface area contributed by atoms with Gasteiger partial charge in [-0.2, -0.15) is 0 Å². The molecule has 2 rings (SSSR count). The third-order valence-corrected chi connectivity index (χ3v) is 2.56. The highest BCUT2D eigenvalue weighted by molar-refractivity contribution is 5.93. The van der Waals surface area contributed by atoms with Gasteiger partial charge in [-0.05, 0) is 30.7 Å². The van der Waals surface area contributed by atoms with E-state index in [9.17, 15) is 4.79 Å². The zero-order valence-electron chi connectivity index (χ0n) is 9.73. The Bertz CT molecular complexity index is 466. The summed E-state index contributed by atoms with van der Waals surface area (Å²) in [6, 6.07) is 5.43. The molecule has 0 aromatic heterocycles. The van der Waals surface area contributed by atoms with Crippen molar-refractivity contribution >= 4 is 17.2 Å². The lowest BCUT2D eigenvalue weighted by Crippen LogP contribution is -2.10. The molecule has 1 aliphatic heterocycles. The van der Waals surface area contributed by atoms with Gasteiger partial charge in [0.05, 0.1) is 13.2 Å². The molecule has 4 nitrogen and oxygen atoms in total. The Hall–Kier alpha value is -1.97. The van der Waals surface area contributed by atoms with Crippen molar-refractivity contribution in [1.82, 2.24) is 0 Å². The Morgan fingerprint density at radius 3 is 3.18 bits per heavy atom. The van der Waals surface area contributed by atoms with Crippen LogP contribution in [0.1, 0.15) is 18.9 Å². The molecule has 0 bridgehead atoms. The molecule has 1 aromatic carbocycles. The van der Waals surface area contributed by atoms with Gasteiger partial charge in [0.1, 0.15) is 5.75 Å².